The molecule has 110 valence electrons. The van der Waals surface area contributed by atoms with Gasteiger partial charge in [0.1, 0.15) is 5.75 Å². The minimum atomic E-state index is -0.600. The van der Waals surface area contributed by atoms with E-state index in [0.29, 0.717) is 5.75 Å². The van der Waals surface area contributed by atoms with Gasteiger partial charge in [0.2, 0.25) is 0 Å². The van der Waals surface area contributed by atoms with Gasteiger partial charge in [-0.25, -0.2) is 0 Å². The number of aliphatic hydroxyl groups is 1. The number of nitrogens with zero attached hydrogens (tertiary/aromatic N) is 1. The summed E-state index contributed by atoms with van der Waals surface area (Å²) in [5.41, 5.74) is 0.749. The first-order valence-corrected chi connectivity index (χ1v) is 6.56. The number of nitrogens with one attached hydrogen (secondary N) is 1. The van der Waals surface area contributed by atoms with Crippen LogP contribution in [-0.4, -0.2) is 29.3 Å². The Bertz CT molecular complexity index is 361. The summed E-state index contributed by atoms with van der Waals surface area (Å²) in [7, 11) is 1.86. The second-order valence-corrected chi connectivity index (χ2v) is 4.71. The average molecular weight is 289 g/mol. The molecule has 0 fully saturated rings. The predicted octanol–water partition coefficient (Wildman–Crippen LogP) is 2.71. The van der Waals surface area contributed by atoms with Gasteiger partial charge < -0.3 is 15.2 Å². The molecule has 0 spiro atoms. The van der Waals surface area contributed by atoms with Crippen molar-refractivity contribution in [2.24, 2.45) is 0 Å². The smallest absolute Gasteiger partial charge is 0.128 e. The molecule has 0 aliphatic rings. The van der Waals surface area contributed by atoms with E-state index in [4.69, 9.17) is 4.74 Å². The summed E-state index contributed by atoms with van der Waals surface area (Å²) in [5, 5.41) is 13.6. The van der Waals surface area contributed by atoms with Crippen LogP contribution in [0.15, 0.2) is 18.5 Å². The molecule has 2 N–H and O–H groups in total. The van der Waals surface area contributed by atoms with Crippen molar-refractivity contribution in [1.29, 1.82) is 0 Å². The molecule has 0 aliphatic heterocycles. The zero-order valence-electron chi connectivity index (χ0n) is 12.1. The lowest BCUT2D eigenvalue weighted by Gasteiger charge is -2.24. The number of likely N-dealkylation sites (N-methyl/N-ethyl adjacent to an activating group) is 1. The number of aromatic nitrogens is 1. The van der Waals surface area contributed by atoms with E-state index in [1.165, 1.54) is 0 Å². The first-order valence-electron chi connectivity index (χ1n) is 6.56. The Labute approximate surface area is 122 Å². The maximum Gasteiger partial charge on any atom is 0.128 e. The highest BCUT2D eigenvalue weighted by Gasteiger charge is 2.22. The number of hydrogen-bond donors (Lipinski definition) is 2. The van der Waals surface area contributed by atoms with Crippen LogP contribution < -0.4 is 10.1 Å². The Balaban J connectivity index is 0.00000324. The van der Waals surface area contributed by atoms with Crippen molar-refractivity contribution in [3.63, 3.8) is 0 Å². The molecule has 0 radical (unpaired) electrons. The monoisotopic (exact) mass is 288 g/mol. The van der Waals surface area contributed by atoms with Gasteiger partial charge >= 0.3 is 0 Å². The lowest BCUT2D eigenvalue weighted by atomic mass is 9.99. The molecule has 0 bridgehead atoms. The van der Waals surface area contributed by atoms with Gasteiger partial charge in [-0.05, 0) is 33.4 Å². The van der Waals surface area contributed by atoms with Gasteiger partial charge in [0.05, 0.1) is 12.2 Å². The average Bonchev–Trinajstić information content (AvgIpc) is 2.35. The highest BCUT2D eigenvalue weighted by Crippen LogP contribution is 2.28. The van der Waals surface area contributed by atoms with Gasteiger partial charge in [-0.2, -0.15) is 0 Å². The molecule has 1 unspecified atom stereocenters. The van der Waals surface area contributed by atoms with Crippen molar-refractivity contribution >= 4 is 12.4 Å². The quantitative estimate of drug-likeness (QED) is 0.810. The first-order chi connectivity index (χ1) is 8.60. The van der Waals surface area contributed by atoms with Gasteiger partial charge in [-0.1, -0.05) is 13.3 Å². The molecular formula is C14H25ClN2O2. The lowest BCUT2D eigenvalue weighted by molar-refractivity contribution is 0.120. The molecule has 5 heteroatoms. The highest BCUT2D eigenvalue weighted by atomic mass is 35.5. The number of pyridine rings is 1. The summed E-state index contributed by atoms with van der Waals surface area (Å²) in [5.74, 6) is 0.712. The number of ether oxygens (including phenoxy) is 1. The van der Waals surface area contributed by atoms with Crippen LogP contribution in [0.4, 0.5) is 0 Å². The van der Waals surface area contributed by atoms with Gasteiger partial charge in [0, 0.05) is 24.0 Å². The summed E-state index contributed by atoms with van der Waals surface area (Å²) < 4.78 is 5.71. The van der Waals surface area contributed by atoms with Crippen molar-refractivity contribution in [1.82, 2.24) is 10.3 Å². The van der Waals surface area contributed by atoms with Crippen LogP contribution in [0.5, 0.6) is 5.75 Å². The normalized spacial score (nSPS) is 13.8. The molecule has 0 aliphatic carbocycles. The summed E-state index contributed by atoms with van der Waals surface area (Å²) >= 11 is 0. The summed E-state index contributed by atoms with van der Waals surface area (Å²) in [6, 6.07) is 1.82. The van der Waals surface area contributed by atoms with Crippen LogP contribution >= 0.6 is 12.4 Å². The van der Waals surface area contributed by atoms with Gasteiger partial charge in [-0.15, -0.1) is 12.4 Å². The molecule has 2 atom stereocenters. The molecule has 0 saturated carbocycles. The molecule has 19 heavy (non-hydrogen) atoms. The molecular weight excluding hydrogens is 264 g/mol. The highest BCUT2D eigenvalue weighted by molar-refractivity contribution is 5.85. The van der Waals surface area contributed by atoms with Crippen LogP contribution in [0.25, 0.3) is 0 Å². The van der Waals surface area contributed by atoms with Crippen LogP contribution in [0, 0.1) is 0 Å². The fraction of sp³-hybridized carbons (Fsp3) is 0.643. The third-order valence-corrected chi connectivity index (χ3v) is 2.84. The van der Waals surface area contributed by atoms with E-state index in [9.17, 15) is 5.11 Å². The largest absolute Gasteiger partial charge is 0.491 e. The molecule has 4 nitrogen and oxygen atoms in total. The summed E-state index contributed by atoms with van der Waals surface area (Å²) in [6.45, 7) is 6.04. The van der Waals surface area contributed by atoms with Crippen molar-refractivity contribution in [3.8, 4) is 5.75 Å². The van der Waals surface area contributed by atoms with Crippen LogP contribution in [0.3, 0.4) is 0 Å². The molecule has 0 saturated heterocycles. The Morgan fingerprint density at radius 3 is 2.63 bits per heavy atom. The third-order valence-electron chi connectivity index (χ3n) is 2.84. The number of hydrogen-bond acceptors (Lipinski definition) is 4. The van der Waals surface area contributed by atoms with E-state index in [1.54, 1.807) is 18.5 Å². The van der Waals surface area contributed by atoms with Crippen LogP contribution in [0.1, 0.15) is 45.3 Å². The van der Waals surface area contributed by atoms with Gasteiger partial charge in [-0.3, -0.25) is 4.98 Å². The van der Waals surface area contributed by atoms with E-state index in [1.807, 2.05) is 20.9 Å². The van der Waals surface area contributed by atoms with Crippen LogP contribution in [-0.2, 0) is 0 Å². The summed E-state index contributed by atoms with van der Waals surface area (Å²) in [4.78, 5) is 4.08. The predicted molar refractivity (Wildman–Crippen MR) is 80.0 cm³/mol. The Hall–Kier alpha value is -0.840. The van der Waals surface area contributed by atoms with Gasteiger partial charge in [0.25, 0.3) is 0 Å². The second-order valence-electron chi connectivity index (χ2n) is 4.71. The van der Waals surface area contributed by atoms with Crippen molar-refractivity contribution < 1.29 is 9.84 Å². The van der Waals surface area contributed by atoms with E-state index in [-0.39, 0.29) is 24.6 Å². The van der Waals surface area contributed by atoms with E-state index < -0.39 is 6.10 Å². The van der Waals surface area contributed by atoms with E-state index in [0.717, 1.165) is 18.4 Å². The maximum atomic E-state index is 10.4. The number of halogens is 1. The summed E-state index contributed by atoms with van der Waals surface area (Å²) in [6.07, 6.45) is 4.77. The lowest BCUT2D eigenvalue weighted by Crippen LogP contribution is -2.32. The molecule has 0 aromatic carbocycles. The van der Waals surface area contributed by atoms with E-state index in [2.05, 4.69) is 17.2 Å². The standard InChI is InChI=1S/C14H24N2O2.ClH/c1-5-6-12(15-4)14(17)11-9-16-8-7-13(11)18-10(2)3;/h7-10,12,14-15,17H,5-6H2,1-4H3;1H/t12-,14?;/m1./s1. The SMILES string of the molecule is CCC[C@@H](NC)C(O)c1cnccc1OC(C)C.Cl. The molecule has 1 aromatic heterocycles. The molecule has 0 amide bonds. The Morgan fingerprint density at radius 1 is 1.42 bits per heavy atom. The second kappa shape index (κ2) is 9.13. The number of aliphatic hydroxyl groups excluding tert-OH is 1. The van der Waals surface area contributed by atoms with Crippen molar-refractivity contribution in [2.75, 3.05) is 7.05 Å². The molecule has 1 aromatic rings. The fourth-order valence-electron chi connectivity index (χ4n) is 1.97. The van der Waals surface area contributed by atoms with Crippen molar-refractivity contribution in [2.45, 2.75) is 51.9 Å². The number of rotatable bonds is 7. The minimum absolute atomic E-state index is 0. The topological polar surface area (TPSA) is 54.4 Å². The molecule has 1 rings (SSSR count). The maximum absolute atomic E-state index is 10.4. The van der Waals surface area contributed by atoms with Crippen LogP contribution in [0.2, 0.25) is 0 Å². The molecule has 1 heterocycles. The third kappa shape index (κ3) is 5.35. The fourth-order valence-corrected chi connectivity index (χ4v) is 1.97. The Kier molecular flexibility index (Phi) is 8.72. The Morgan fingerprint density at radius 2 is 2.11 bits per heavy atom. The van der Waals surface area contributed by atoms with E-state index >= 15 is 0 Å². The van der Waals surface area contributed by atoms with Crippen molar-refractivity contribution in [3.05, 3.63) is 24.0 Å². The zero-order valence-corrected chi connectivity index (χ0v) is 12.9. The minimum Gasteiger partial charge on any atom is -0.491 e. The first kappa shape index (κ1) is 18.2. The van der Waals surface area contributed by atoms with Gasteiger partial charge in [0.15, 0.2) is 0 Å². The zero-order chi connectivity index (χ0) is 13.5.